The van der Waals surface area contributed by atoms with Crippen molar-refractivity contribution in [3.63, 3.8) is 0 Å². The predicted octanol–water partition coefficient (Wildman–Crippen LogP) is 1.93. The van der Waals surface area contributed by atoms with Gasteiger partial charge in [-0.15, -0.1) is 11.3 Å². The molecule has 1 N–H and O–H groups in total. The molecule has 0 bridgehead atoms. The van der Waals surface area contributed by atoms with Crippen molar-refractivity contribution in [2.45, 2.75) is 26.7 Å². The SMILES string of the molecule is Cc1cnc(CCN(C)CC2(C)CCNC2)s1. The summed E-state index contributed by atoms with van der Waals surface area (Å²) in [5.74, 6) is 0. The van der Waals surface area contributed by atoms with Crippen LogP contribution >= 0.6 is 11.3 Å². The molecule has 96 valence electrons. The lowest BCUT2D eigenvalue weighted by Gasteiger charge is -2.29. The Hall–Kier alpha value is -0.450. The maximum absolute atomic E-state index is 4.42. The summed E-state index contributed by atoms with van der Waals surface area (Å²) in [6.07, 6.45) is 4.36. The van der Waals surface area contributed by atoms with E-state index in [-0.39, 0.29) is 0 Å². The van der Waals surface area contributed by atoms with E-state index < -0.39 is 0 Å². The number of thiazole rings is 1. The normalized spacial score (nSPS) is 24.7. The average Bonchev–Trinajstić information content (AvgIpc) is 2.85. The number of aromatic nitrogens is 1. The van der Waals surface area contributed by atoms with Crippen LogP contribution < -0.4 is 5.32 Å². The summed E-state index contributed by atoms with van der Waals surface area (Å²) in [7, 11) is 2.23. The molecule has 1 aliphatic rings. The van der Waals surface area contributed by atoms with Crippen molar-refractivity contribution in [3.8, 4) is 0 Å². The van der Waals surface area contributed by atoms with Crippen LogP contribution in [0.3, 0.4) is 0 Å². The number of likely N-dealkylation sites (N-methyl/N-ethyl adjacent to an activating group) is 1. The first-order valence-electron chi connectivity index (χ1n) is 6.38. The van der Waals surface area contributed by atoms with E-state index >= 15 is 0 Å². The van der Waals surface area contributed by atoms with E-state index in [2.05, 4.69) is 36.1 Å². The Bertz CT molecular complexity index is 355. The van der Waals surface area contributed by atoms with Crippen molar-refractivity contribution in [2.75, 3.05) is 33.2 Å². The first-order valence-corrected chi connectivity index (χ1v) is 7.20. The zero-order valence-electron chi connectivity index (χ0n) is 11.1. The minimum Gasteiger partial charge on any atom is -0.316 e. The summed E-state index contributed by atoms with van der Waals surface area (Å²) >= 11 is 1.82. The maximum atomic E-state index is 4.42. The van der Waals surface area contributed by atoms with Gasteiger partial charge in [0.1, 0.15) is 0 Å². The lowest BCUT2D eigenvalue weighted by atomic mass is 9.89. The van der Waals surface area contributed by atoms with Crippen LogP contribution in [0.2, 0.25) is 0 Å². The quantitative estimate of drug-likeness (QED) is 0.869. The first-order chi connectivity index (χ1) is 8.07. The summed E-state index contributed by atoms with van der Waals surface area (Å²) in [5, 5.41) is 4.73. The highest BCUT2D eigenvalue weighted by molar-refractivity contribution is 7.11. The van der Waals surface area contributed by atoms with E-state index in [9.17, 15) is 0 Å². The summed E-state index contributed by atoms with van der Waals surface area (Å²) < 4.78 is 0. The standard InChI is InChI=1S/C13H23N3S/c1-11-8-15-12(17-11)4-7-16(3)10-13(2)5-6-14-9-13/h8,14H,4-7,9-10H2,1-3H3. The van der Waals surface area contributed by atoms with Gasteiger partial charge in [-0.25, -0.2) is 4.98 Å². The molecule has 0 amide bonds. The topological polar surface area (TPSA) is 28.2 Å². The number of hydrogen-bond acceptors (Lipinski definition) is 4. The van der Waals surface area contributed by atoms with Gasteiger partial charge in [0.15, 0.2) is 0 Å². The Labute approximate surface area is 108 Å². The Morgan fingerprint density at radius 2 is 2.41 bits per heavy atom. The van der Waals surface area contributed by atoms with Crippen LogP contribution in [0.4, 0.5) is 0 Å². The van der Waals surface area contributed by atoms with Gasteiger partial charge in [-0.05, 0) is 32.4 Å². The van der Waals surface area contributed by atoms with E-state index in [4.69, 9.17) is 0 Å². The van der Waals surface area contributed by atoms with Crippen molar-refractivity contribution in [1.82, 2.24) is 15.2 Å². The van der Waals surface area contributed by atoms with Crippen LogP contribution in [0.1, 0.15) is 23.2 Å². The molecule has 1 aromatic rings. The Morgan fingerprint density at radius 3 is 3.00 bits per heavy atom. The average molecular weight is 253 g/mol. The van der Waals surface area contributed by atoms with E-state index in [1.54, 1.807) is 0 Å². The third kappa shape index (κ3) is 3.76. The molecule has 0 saturated carbocycles. The molecule has 1 aromatic heterocycles. The maximum Gasteiger partial charge on any atom is 0.0940 e. The molecule has 1 aliphatic heterocycles. The van der Waals surface area contributed by atoms with Gasteiger partial charge < -0.3 is 10.2 Å². The first kappa shape index (κ1) is 13.0. The van der Waals surface area contributed by atoms with Gasteiger partial charge >= 0.3 is 0 Å². The van der Waals surface area contributed by atoms with Crippen molar-refractivity contribution >= 4 is 11.3 Å². The van der Waals surface area contributed by atoms with Crippen LogP contribution in [0.15, 0.2) is 6.20 Å². The minimum atomic E-state index is 0.466. The van der Waals surface area contributed by atoms with Gasteiger partial charge in [-0.1, -0.05) is 6.92 Å². The summed E-state index contributed by atoms with van der Waals surface area (Å²) in [6, 6.07) is 0. The predicted molar refractivity (Wildman–Crippen MR) is 73.6 cm³/mol. The number of nitrogens with zero attached hydrogens (tertiary/aromatic N) is 2. The zero-order chi connectivity index (χ0) is 12.3. The highest BCUT2D eigenvalue weighted by Gasteiger charge is 2.29. The third-order valence-corrected chi connectivity index (χ3v) is 4.46. The van der Waals surface area contributed by atoms with Gasteiger partial charge in [-0.2, -0.15) is 0 Å². The molecule has 0 aliphatic carbocycles. The molecule has 2 heterocycles. The molecule has 17 heavy (non-hydrogen) atoms. The minimum absolute atomic E-state index is 0.466. The van der Waals surface area contributed by atoms with E-state index in [1.165, 1.54) is 29.4 Å². The molecule has 0 aromatic carbocycles. The molecule has 3 nitrogen and oxygen atoms in total. The van der Waals surface area contributed by atoms with Crippen molar-refractivity contribution in [2.24, 2.45) is 5.41 Å². The lowest BCUT2D eigenvalue weighted by molar-refractivity contribution is 0.211. The fraction of sp³-hybridized carbons (Fsp3) is 0.769. The van der Waals surface area contributed by atoms with Gasteiger partial charge in [-0.3, -0.25) is 0 Å². The number of hydrogen-bond donors (Lipinski definition) is 1. The number of rotatable bonds is 5. The summed E-state index contributed by atoms with van der Waals surface area (Å²) in [5.41, 5.74) is 0.466. The Kier molecular flexibility index (Phi) is 4.17. The molecule has 1 unspecified atom stereocenters. The molecular weight excluding hydrogens is 230 g/mol. The molecule has 1 atom stereocenters. The van der Waals surface area contributed by atoms with Crippen molar-refractivity contribution in [3.05, 3.63) is 16.1 Å². The molecular formula is C13H23N3S. The summed E-state index contributed by atoms with van der Waals surface area (Å²) in [6.45, 7) is 9.14. The van der Waals surface area contributed by atoms with E-state index in [0.717, 1.165) is 19.5 Å². The number of aryl methyl sites for hydroxylation is 1. The van der Waals surface area contributed by atoms with Crippen LogP contribution in [0.5, 0.6) is 0 Å². The molecule has 0 radical (unpaired) electrons. The molecule has 4 heteroatoms. The van der Waals surface area contributed by atoms with Crippen LogP contribution in [0.25, 0.3) is 0 Å². The fourth-order valence-corrected chi connectivity index (χ4v) is 3.31. The van der Waals surface area contributed by atoms with Gasteiger partial charge in [0.2, 0.25) is 0 Å². The second-order valence-corrected chi connectivity index (χ2v) is 6.91. The highest BCUT2D eigenvalue weighted by atomic mass is 32.1. The van der Waals surface area contributed by atoms with Gasteiger partial charge in [0.05, 0.1) is 5.01 Å². The second-order valence-electron chi connectivity index (χ2n) is 5.59. The van der Waals surface area contributed by atoms with Crippen molar-refractivity contribution < 1.29 is 0 Å². The zero-order valence-corrected chi connectivity index (χ0v) is 11.9. The van der Waals surface area contributed by atoms with Crippen LogP contribution in [-0.2, 0) is 6.42 Å². The van der Waals surface area contributed by atoms with Gasteiger partial charge in [0.25, 0.3) is 0 Å². The largest absolute Gasteiger partial charge is 0.316 e. The molecule has 1 fully saturated rings. The molecule has 1 saturated heterocycles. The molecule has 0 spiro atoms. The Morgan fingerprint density at radius 1 is 1.59 bits per heavy atom. The Balaban J connectivity index is 1.75. The third-order valence-electron chi connectivity index (χ3n) is 3.49. The highest BCUT2D eigenvalue weighted by Crippen LogP contribution is 2.25. The van der Waals surface area contributed by atoms with Gasteiger partial charge in [0, 0.05) is 37.1 Å². The second kappa shape index (κ2) is 5.46. The van der Waals surface area contributed by atoms with E-state index in [0.29, 0.717) is 5.41 Å². The van der Waals surface area contributed by atoms with Crippen molar-refractivity contribution in [1.29, 1.82) is 0 Å². The number of nitrogens with one attached hydrogen (secondary N) is 1. The summed E-state index contributed by atoms with van der Waals surface area (Å²) in [4.78, 5) is 8.18. The fourth-order valence-electron chi connectivity index (χ4n) is 2.54. The monoisotopic (exact) mass is 253 g/mol. The lowest BCUT2D eigenvalue weighted by Crippen LogP contribution is -2.36. The van der Waals surface area contributed by atoms with Crippen LogP contribution in [0, 0.1) is 12.3 Å². The van der Waals surface area contributed by atoms with Crippen LogP contribution in [-0.4, -0.2) is 43.1 Å². The molecule has 2 rings (SSSR count). The smallest absolute Gasteiger partial charge is 0.0940 e. The van der Waals surface area contributed by atoms with E-state index in [1.807, 2.05) is 17.5 Å².